The van der Waals surface area contributed by atoms with Gasteiger partial charge in [0.2, 0.25) is 0 Å². The van der Waals surface area contributed by atoms with Gasteiger partial charge in [-0.2, -0.15) is 0 Å². The molecule has 3 nitrogen and oxygen atoms in total. The molecular weight excluding hydrogens is 219 g/mol. The largest absolute Gasteiger partial charge is 0.294 e. The number of Topliss-reactive ketones (excluding diaryl/α,β-unsaturated/α-hetero) is 1. The Morgan fingerprint density at radius 2 is 2.07 bits per heavy atom. The van der Waals surface area contributed by atoms with Crippen LogP contribution in [-0.2, 0) is 9.84 Å². The summed E-state index contributed by atoms with van der Waals surface area (Å²) in [6.07, 6.45) is 0. The topological polar surface area (TPSA) is 51.2 Å². The highest BCUT2D eigenvalue weighted by molar-refractivity contribution is 7.91. The lowest BCUT2D eigenvalue weighted by Gasteiger charge is -2.20. The van der Waals surface area contributed by atoms with Gasteiger partial charge in [-0.3, -0.25) is 4.79 Å². The van der Waals surface area contributed by atoms with Gasteiger partial charge in [0.05, 0.1) is 10.6 Å². The summed E-state index contributed by atoms with van der Waals surface area (Å²) in [5, 5.41) is 0. The van der Waals surface area contributed by atoms with Gasteiger partial charge in [0.25, 0.3) is 0 Å². The zero-order chi connectivity index (χ0) is 11.2. The number of halogens is 1. The predicted molar refractivity (Wildman–Crippen MR) is 51.9 cm³/mol. The van der Waals surface area contributed by atoms with Crippen LogP contribution in [0.5, 0.6) is 0 Å². The van der Waals surface area contributed by atoms with E-state index in [1.165, 1.54) is 6.07 Å². The Labute approximate surface area is 86.8 Å². The standard InChI is InChI=1S/C10H9FO3S/c1-6-5-15(13,14)9-4-7(11)2-3-8(9)10(6)12/h2-4,6H,5H2,1H3. The van der Waals surface area contributed by atoms with Crippen molar-refractivity contribution in [3.05, 3.63) is 29.6 Å². The van der Waals surface area contributed by atoms with Crippen LogP contribution in [0.4, 0.5) is 4.39 Å². The molecule has 0 spiro atoms. The maximum Gasteiger partial charge on any atom is 0.179 e. The Balaban J connectivity index is 2.76. The fourth-order valence-corrected chi connectivity index (χ4v) is 3.50. The lowest BCUT2D eigenvalue weighted by Crippen LogP contribution is -2.29. The third-order valence-corrected chi connectivity index (χ3v) is 4.41. The van der Waals surface area contributed by atoms with Crippen LogP contribution in [0.25, 0.3) is 0 Å². The van der Waals surface area contributed by atoms with Crippen molar-refractivity contribution < 1.29 is 17.6 Å². The minimum Gasteiger partial charge on any atom is -0.294 e. The molecule has 5 heteroatoms. The van der Waals surface area contributed by atoms with Crippen LogP contribution in [0.3, 0.4) is 0 Å². The number of sulfone groups is 1. The maximum atomic E-state index is 12.9. The molecule has 0 aliphatic carbocycles. The molecule has 1 aliphatic rings. The summed E-state index contributed by atoms with van der Waals surface area (Å²) < 4.78 is 36.2. The van der Waals surface area contributed by atoms with Crippen LogP contribution in [0.2, 0.25) is 0 Å². The summed E-state index contributed by atoms with van der Waals surface area (Å²) in [7, 11) is -3.51. The van der Waals surface area contributed by atoms with E-state index in [0.717, 1.165) is 12.1 Å². The van der Waals surface area contributed by atoms with Crippen molar-refractivity contribution in [3.63, 3.8) is 0 Å². The van der Waals surface area contributed by atoms with Crippen LogP contribution in [0, 0.1) is 11.7 Å². The smallest absolute Gasteiger partial charge is 0.179 e. The van der Waals surface area contributed by atoms with Crippen LogP contribution in [0.1, 0.15) is 17.3 Å². The van der Waals surface area contributed by atoms with E-state index in [0.29, 0.717) is 0 Å². The summed E-state index contributed by atoms with van der Waals surface area (Å²) in [4.78, 5) is 11.5. The highest BCUT2D eigenvalue weighted by Gasteiger charge is 2.34. The van der Waals surface area contributed by atoms with Crippen LogP contribution >= 0.6 is 0 Å². The SMILES string of the molecule is CC1CS(=O)(=O)c2cc(F)ccc2C1=O. The van der Waals surface area contributed by atoms with E-state index in [1.54, 1.807) is 6.92 Å². The van der Waals surface area contributed by atoms with Crippen molar-refractivity contribution in [2.75, 3.05) is 5.75 Å². The van der Waals surface area contributed by atoms with E-state index < -0.39 is 21.6 Å². The molecule has 1 unspecified atom stereocenters. The average molecular weight is 228 g/mol. The molecule has 0 fully saturated rings. The predicted octanol–water partition coefficient (Wildman–Crippen LogP) is 1.43. The van der Waals surface area contributed by atoms with E-state index in [2.05, 4.69) is 0 Å². The molecule has 1 atom stereocenters. The first-order chi connectivity index (χ1) is 6.92. The molecule has 0 amide bonds. The van der Waals surface area contributed by atoms with Gasteiger partial charge in [0, 0.05) is 11.5 Å². The molecule has 15 heavy (non-hydrogen) atoms. The molecular formula is C10H9FO3S. The van der Waals surface area contributed by atoms with Gasteiger partial charge < -0.3 is 0 Å². The molecule has 1 aliphatic heterocycles. The molecule has 0 radical (unpaired) electrons. The number of ketones is 1. The number of hydrogen-bond acceptors (Lipinski definition) is 3. The van der Waals surface area contributed by atoms with Crippen molar-refractivity contribution in [2.45, 2.75) is 11.8 Å². The molecule has 0 saturated carbocycles. The third-order valence-electron chi connectivity index (χ3n) is 2.46. The first-order valence-corrected chi connectivity index (χ1v) is 6.13. The molecule has 1 aromatic carbocycles. The van der Waals surface area contributed by atoms with Crippen LogP contribution in [0.15, 0.2) is 23.1 Å². The normalized spacial score (nSPS) is 23.6. The van der Waals surface area contributed by atoms with Gasteiger partial charge in [0.15, 0.2) is 15.6 Å². The van der Waals surface area contributed by atoms with Gasteiger partial charge in [-0.15, -0.1) is 0 Å². The average Bonchev–Trinajstić information content (AvgIpc) is 2.14. The Morgan fingerprint density at radius 1 is 1.40 bits per heavy atom. The van der Waals surface area contributed by atoms with E-state index in [1.807, 2.05) is 0 Å². The van der Waals surface area contributed by atoms with Crippen LogP contribution in [-0.4, -0.2) is 20.0 Å². The van der Waals surface area contributed by atoms with Gasteiger partial charge in [0.1, 0.15) is 5.82 Å². The lowest BCUT2D eigenvalue weighted by molar-refractivity contribution is 0.0933. The van der Waals surface area contributed by atoms with Gasteiger partial charge >= 0.3 is 0 Å². The number of rotatable bonds is 0. The van der Waals surface area contributed by atoms with E-state index in [9.17, 15) is 17.6 Å². The molecule has 2 rings (SSSR count). The molecule has 0 saturated heterocycles. The fraction of sp³-hybridized carbons (Fsp3) is 0.300. The second-order valence-electron chi connectivity index (χ2n) is 3.69. The minimum atomic E-state index is -3.51. The second-order valence-corrected chi connectivity index (χ2v) is 5.69. The first-order valence-electron chi connectivity index (χ1n) is 4.48. The molecule has 1 heterocycles. The Morgan fingerprint density at radius 3 is 2.73 bits per heavy atom. The highest BCUT2D eigenvalue weighted by atomic mass is 32.2. The van der Waals surface area contributed by atoms with Crippen molar-refractivity contribution in [1.29, 1.82) is 0 Å². The zero-order valence-electron chi connectivity index (χ0n) is 8.03. The van der Waals surface area contributed by atoms with E-state index in [-0.39, 0.29) is 22.0 Å². The Hall–Kier alpha value is -1.23. The number of benzene rings is 1. The molecule has 1 aromatic rings. The number of hydrogen-bond donors (Lipinski definition) is 0. The molecule has 0 N–H and O–H groups in total. The number of carbonyl (C=O) groups excluding carboxylic acids is 1. The van der Waals surface area contributed by atoms with E-state index >= 15 is 0 Å². The minimum absolute atomic E-state index is 0.107. The first kappa shape index (κ1) is 10.3. The summed E-state index contributed by atoms with van der Waals surface area (Å²) in [5.41, 5.74) is 0.107. The monoisotopic (exact) mass is 228 g/mol. The van der Waals surface area contributed by atoms with Crippen molar-refractivity contribution in [3.8, 4) is 0 Å². The fourth-order valence-electron chi connectivity index (χ4n) is 1.72. The lowest BCUT2D eigenvalue weighted by atomic mass is 10.0. The summed E-state index contributed by atoms with van der Waals surface area (Å²) in [6.45, 7) is 1.56. The summed E-state index contributed by atoms with van der Waals surface area (Å²) >= 11 is 0. The molecule has 0 aromatic heterocycles. The van der Waals surface area contributed by atoms with Crippen LogP contribution < -0.4 is 0 Å². The van der Waals surface area contributed by atoms with Gasteiger partial charge in [-0.1, -0.05) is 6.92 Å². The van der Waals surface area contributed by atoms with Crippen molar-refractivity contribution >= 4 is 15.6 Å². The quantitative estimate of drug-likeness (QED) is 0.675. The van der Waals surface area contributed by atoms with Gasteiger partial charge in [-0.25, -0.2) is 12.8 Å². The zero-order valence-corrected chi connectivity index (χ0v) is 8.84. The van der Waals surface area contributed by atoms with Crippen molar-refractivity contribution in [2.24, 2.45) is 5.92 Å². The molecule has 80 valence electrons. The number of carbonyl (C=O) groups is 1. The summed E-state index contributed by atoms with van der Waals surface area (Å²) in [6, 6.07) is 3.25. The Bertz CT molecular complexity index is 534. The van der Waals surface area contributed by atoms with E-state index in [4.69, 9.17) is 0 Å². The Kier molecular flexibility index (Phi) is 2.15. The third kappa shape index (κ3) is 1.56. The summed E-state index contributed by atoms with van der Waals surface area (Å²) in [5.74, 6) is -1.66. The maximum absolute atomic E-state index is 12.9. The number of fused-ring (bicyclic) bond motifs is 1. The van der Waals surface area contributed by atoms with Crippen molar-refractivity contribution in [1.82, 2.24) is 0 Å². The highest BCUT2D eigenvalue weighted by Crippen LogP contribution is 2.28. The van der Waals surface area contributed by atoms with Gasteiger partial charge in [-0.05, 0) is 18.2 Å². The molecule has 0 bridgehead atoms. The second kappa shape index (κ2) is 3.13.